The van der Waals surface area contributed by atoms with Gasteiger partial charge in [-0.05, 0) is 45.8 Å². The smallest absolute Gasteiger partial charge is 0.148 e. The third-order valence-corrected chi connectivity index (χ3v) is 3.25. The Balaban J connectivity index is 2.37. The maximum absolute atomic E-state index is 13.3. The van der Waals surface area contributed by atoms with Gasteiger partial charge in [0.05, 0.1) is 10.7 Å². The molecule has 1 heterocycles. The molecule has 0 aliphatic heterocycles. The summed E-state index contributed by atoms with van der Waals surface area (Å²) < 4.78 is 19.7. The molecule has 0 saturated heterocycles. The highest BCUT2D eigenvalue weighted by atomic mass is 79.9. The van der Waals surface area contributed by atoms with Crippen LogP contribution in [0.4, 0.5) is 4.39 Å². The Bertz CT molecular complexity index is 536. The van der Waals surface area contributed by atoms with Gasteiger partial charge in [0, 0.05) is 18.2 Å². The van der Waals surface area contributed by atoms with E-state index < -0.39 is 0 Å². The van der Waals surface area contributed by atoms with Crippen LogP contribution < -0.4 is 5.32 Å². The Kier molecular flexibility index (Phi) is 4.19. The molecular formula is C14H15BrFNO. The first-order chi connectivity index (χ1) is 8.58. The topological polar surface area (TPSA) is 25.2 Å². The van der Waals surface area contributed by atoms with Gasteiger partial charge in [-0.2, -0.15) is 0 Å². The van der Waals surface area contributed by atoms with Crippen molar-refractivity contribution < 1.29 is 8.81 Å². The predicted molar refractivity (Wildman–Crippen MR) is 73.8 cm³/mol. The Morgan fingerprint density at radius 3 is 2.72 bits per heavy atom. The van der Waals surface area contributed by atoms with Crippen molar-refractivity contribution in [1.82, 2.24) is 5.32 Å². The van der Waals surface area contributed by atoms with E-state index >= 15 is 0 Å². The number of rotatable bonds is 4. The summed E-state index contributed by atoms with van der Waals surface area (Å²) in [4.78, 5) is 0. The Morgan fingerprint density at radius 2 is 2.11 bits per heavy atom. The molecule has 96 valence electrons. The fourth-order valence-corrected chi connectivity index (χ4v) is 2.15. The van der Waals surface area contributed by atoms with E-state index in [1.54, 1.807) is 18.4 Å². The zero-order valence-corrected chi connectivity index (χ0v) is 11.9. The van der Waals surface area contributed by atoms with Crippen LogP contribution in [0.15, 0.2) is 39.4 Å². The molecule has 0 amide bonds. The van der Waals surface area contributed by atoms with E-state index in [1.807, 2.05) is 6.07 Å². The summed E-state index contributed by atoms with van der Waals surface area (Å²) in [5.41, 5.74) is 1.79. The Labute approximate surface area is 114 Å². The molecule has 2 rings (SSSR count). The molecular weight excluding hydrogens is 297 g/mol. The van der Waals surface area contributed by atoms with Crippen molar-refractivity contribution in [2.24, 2.45) is 0 Å². The van der Waals surface area contributed by atoms with Gasteiger partial charge in [-0.1, -0.05) is 13.8 Å². The van der Waals surface area contributed by atoms with Crippen LogP contribution in [0.3, 0.4) is 0 Å². The standard InChI is InChI=1S/C14H15BrFNO/c1-9(2)17-8-10-7-11(16)3-4-12(10)14-13(15)5-6-18-14/h3-7,9,17H,8H2,1-2H3. The molecule has 0 atom stereocenters. The lowest BCUT2D eigenvalue weighted by Gasteiger charge is -2.12. The second-order valence-corrected chi connectivity index (χ2v) is 5.29. The van der Waals surface area contributed by atoms with E-state index in [0.29, 0.717) is 12.6 Å². The fourth-order valence-electron chi connectivity index (χ4n) is 1.73. The van der Waals surface area contributed by atoms with Crippen LogP contribution in [-0.4, -0.2) is 6.04 Å². The minimum absolute atomic E-state index is 0.234. The van der Waals surface area contributed by atoms with Crippen LogP contribution in [0.2, 0.25) is 0 Å². The largest absolute Gasteiger partial charge is 0.463 e. The lowest BCUT2D eigenvalue weighted by atomic mass is 10.0. The number of hydrogen-bond donors (Lipinski definition) is 1. The van der Waals surface area contributed by atoms with E-state index in [4.69, 9.17) is 4.42 Å². The van der Waals surface area contributed by atoms with E-state index in [1.165, 1.54) is 6.07 Å². The third kappa shape index (κ3) is 3.00. The van der Waals surface area contributed by atoms with Gasteiger partial charge < -0.3 is 9.73 Å². The molecule has 2 nitrogen and oxygen atoms in total. The van der Waals surface area contributed by atoms with Crippen molar-refractivity contribution >= 4 is 15.9 Å². The zero-order valence-electron chi connectivity index (χ0n) is 10.3. The van der Waals surface area contributed by atoms with Crippen molar-refractivity contribution in [3.63, 3.8) is 0 Å². The number of halogens is 2. The SMILES string of the molecule is CC(C)NCc1cc(F)ccc1-c1occc1Br. The normalized spacial score (nSPS) is 11.2. The number of benzene rings is 1. The molecule has 0 spiro atoms. The van der Waals surface area contributed by atoms with Crippen molar-refractivity contribution in [3.8, 4) is 11.3 Å². The number of nitrogens with one attached hydrogen (secondary N) is 1. The predicted octanol–water partition coefficient (Wildman–Crippen LogP) is 4.35. The van der Waals surface area contributed by atoms with Crippen LogP contribution in [0, 0.1) is 5.82 Å². The van der Waals surface area contributed by atoms with Gasteiger partial charge in [0.25, 0.3) is 0 Å². The van der Waals surface area contributed by atoms with Crippen LogP contribution in [0.25, 0.3) is 11.3 Å². The van der Waals surface area contributed by atoms with Crippen LogP contribution in [0.1, 0.15) is 19.4 Å². The summed E-state index contributed by atoms with van der Waals surface area (Å²) in [5, 5.41) is 3.29. The van der Waals surface area contributed by atoms with E-state index in [-0.39, 0.29) is 5.82 Å². The second kappa shape index (κ2) is 5.67. The molecule has 1 aromatic carbocycles. The molecule has 4 heteroatoms. The van der Waals surface area contributed by atoms with Crippen molar-refractivity contribution in [2.75, 3.05) is 0 Å². The molecule has 0 unspecified atom stereocenters. The highest BCUT2D eigenvalue weighted by Crippen LogP contribution is 2.32. The van der Waals surface area contributed by atoms with Gasteiger partial charge in [-0.15, -0.1) is 0 Å². The molecule has 0 aliphatic carbocycles. The van der Waals surface area contributed by atoms with Crippen LogP contribution in [-0.2, 0) is 6.54 Å². The quantitative estimate of drug-likeness (QED) is 0.908. The molecule has 0 fully saturated rings. The zero-order chi connectivity index (χ0) is 13.1. The first-order valence-corrected chi connectivity index (χ1v) is 6.62. The summed E-state index contributed by atoms with van der Waals surface area (Å²) in [5.74, 6) is 0.498. The lowest BCUT2D eigenvalue weighted by Crippen LogP contribution is -2.22. The monoisotopic (exact) mass is 311 g/mol. The first-order valence-electron chi connectivity index (χ1n) is 5.83. The summed E-state index contributed by atoms with van der Waals surface area (Å²) in [6, 6.07) is 6.92. The lowest BCUT2D eigenvalue weighted by molar-refractivity contribution is 0.568. The molecule has 0 bridgehead atoms. The highest BCUT2D eigenvalue weighted by molar-refractivity contribution is 9.10. The minimum atomic E-state index is -0.234. The number of furan rings is 1. The van der Waals surface area contributed by atoms with Gasteiger partial charge in [-0.25, -0.2) is 4.39 Å². The molecule has 18 heavy (non-hydrogen) atoms. The van der Waals surface area contributed by atoms with Crippen molar-refractivity contribution in [2.45, 2.75) is 26.4 Å². The van der Waals surface area contributed by atoms with Gasteiger partial charge in [-0.3, -0.25) is 0 Å². The van der Waals surface area contributed by atoms with Gasteiger partial charge >= 0.3 is 0 Å². The average molecular weight is 312 g/mol. The fraction of sp³-hybridized carbons (Fsp3) is 0.286. The molecule has 0 saturated carbocycles. The molecule has 2 aromatic rings. The summed E-state index contributed by atoms with van der Waals surface area (Å²) in [6.07, 6.45) is 1.61. The summed E-state index contributed by atoms with van der Waals surface area (Å²) in [7, 11) is 0. The Hall–Kier alpha value is -1.13. The Morgan fingerprint density at radius 1 is 1.33 bits per heavy atom. The first kappa shape index (κ1) is 13.3. The molecule has 1 N–H and O–H groups in total. The van der Waals surface area contributed by atoms with E-state index in [9.17, 15) is 4.39 Å². The van der Waals surface area contributed by atoms with Crippen molar-refractivity contribution in [1.29, 1.82) is 0 Å². The van der Waals surface area contributed by atoms with Crippen LogP contribution in [0.5, 0.6) is 0 Å². The summed E-state index contributed by atoms with van der Waals surface area (Å²) in [6.45, 7) is 4.72. The average Bonchev–Trinajstić information content (AvgIpc) is 2.73. The maximum atomic E-state index is 13.3. The van der Waals surface area contributed by atoms with Gasteiger partial charge in [0.15, 0.2) is 0 Å². The van der Waals surface area contributed by atoms with Crippen LogP contribution >= 0.6 is 15.9 Å². The third-order valence-electron chi connectivity index (χ3n) is 2.63. The van der Waals surface area contributed by atoms with E-state index in [2.05, 4.69) is 35.1 Å². The van der Waals surface area contributed by atoms with Crippen molar-refractivity contribution in [3.05, 3.63) is 46.4 Å². The minimum Gasteiger partial charge on any atom is -0.463 e. The molecule has 0 radical (unpaired) electrons. The maximum Gasteiger partial charge on any atom is 0.148 e. The van der Waals surface area contributed by atoms with E-state index in [0.717, 1.165) is 21.4 Å². The summed E-state index contributed by atoms with van der Waals surface area (Å²) >= 11 is 3.43. The van der Waals surface area contributed by atoms with Gasteiger partial charge in [0.1, 0.15) is 11.6 Å². The molecule has 0 aliphatic rings. The van der Waals surface area contributed by atoms with Gasteiger partial charge in [0.2, 0.25) is 0 Å². The second-order valence-electron chi connectivity index (χ2n) is 4.43. The highest BCUT2D eigenvalue weighted by Gasteiger charge is 2.12. The molecule has 1 aromatic heterocycles. The number of hydrogen-bond acceptors (Lipinski definition) is 2.